The van der Waals surface area contributed by atoms with Crippen LogP contribution in [0, 0.1) is 0 Å². The molecule has 0 atom stereocenters. The number of para-hydroxylation sites is 1. The Kier molecular flexibility index (Phi) is 6.74. The summed E-state index contributed by atoms with van der Waals surface area (Å²) in [5, 5.41) is 7.66. The number of anilines is 1. The summed E-state index contributed by atoms with van der Waals surface area (Å²) in [6.45, 7) is 3.42. The zero-order valence-corrected chi connectivity index (χ0v) is 17.1. The topological polar surface area (TPSA) is 83.0 Å². The Hall–Kier alpha value is -2.33. The average Bonchev–Trinajstić information content (AvgIpc) is 2.73. The monoisotopic (exact) mass is 418 g/mol. The summed E-state index contributed by atoms with van der Waals surface area (Å²) in [6, 6.07) is 16.2. The van der Waals surface area contributed by atoms with Gasteiger partial charge in [-0.1, -0.05) is 30.3 Å². The molecule has 2 aromatic rings. The van der Waals surface area contributed by atoms with Gasteiger partial charge in [0.25, 0.3) is 0 Å². The van der Waals surface area contributed by atoms with E-state index in [1.165, 1.54) is 4.31 Å². The molecule has 0 aromatic heterocycles. The highest BCUT2D eigenvalue weighted by molar-refractivity contribution is 7.89. The van der Waals surface area contributed by atoms with Crippen molar-refractivity contribution in [2.75, 3.05) is 31.6 Å². The fourth-order valence-corrected chi connectivity index (χ4v) is 4.26. The van der Waals surface area contributed by atoms with E-state index in [0.717, 1.165) is 11.3 Å². The number of hydrogen-bond acceptors (Lipinski definition) is 5. The van der Waals surface area contributed by atoms with E-state index in [1.54, 1.807) is 24.3 Å². The number of thiocarbonyl (C=S) groups is 1. The van der Waals surface area contributed by atoms with Gasteiger partial charge in [0.1, 0.15) is 0 Å². The molecule has 148 valence electrons. The Labute approximate surface area is 170 Å². The van der Waals surface area contributed by atoms with Crippen molar-refractivity contribution in [3.8, 4) is 0 Å². The highest BCUT2D eigenvalue weighted by Crippen LogP contribution is 2.18. The van der Waals surface area contributed by atoms with Crippen molar-refractivity contribution in [1.82, 2.24) is 9.73 Å². The largest absolute Gasteiger partial charge is 0.379 e. The smallest absolute Gasteiger partial charge is 0.243 e. The number of benzene rings is 2. The van der Waals surface area contributed by atoms with Crippen LogP contribution >= 0.6 is 12.2 Å². The molecule has 3 rings (SSSR count). The van der Waals surface area contributed by atoms with Gasteiger partial charge < -0.3 is 10.1 Å². The van der Waals surface area contributed by atoms with Crippen LogP contribution in [0.5, 0.6) is 0 Å². The van der Waals surface area contributed by atoms with Gasteiger partial charge in [-0.2, -0.15) is 9.41 Å². The number of nitrogens with one attached hydrogen (secondary N) is 2. The number of hydrazone groups is 1. The van der Waals surface area contributed by atoms with Crippen LogP contribution in [-0.2, 0) is 14.8 Å². The van der Waals surface area contributed by atoms with Crippen LogP contribution in [0.25, 0.3) is 0 Å². The predicted octanol–water partition coefficient (Wildman–Crippen LogP) is 2.42. The zero-order chi connectivity index (χ0) is 20.0. The summed E-state index contributed by atoms with van der Waals surface area (Å²) in [5.41, 5.74) is 5.15. The first-order chi connectivity index (χ1) is 13.5. The fraction of sp³-hybridized carbons (Fsp3) is 0.263. The maximum atomic E-state index is 12.7. The molecule has 0 aliphatic carbocycles. The van der Waals surface area contributed by atoms with Gasteiger partial charge in [0, 0.05) is 18.8 Å². The summed E-state index contributed by atoms with van der Waals surface area (Å²) in [4.78, 5) is 0.264. The van der Waals surface area contributed by atoms with Crippen LogP contribution in [0.4, 0.5) is 5.69 Å². The third kappa shape index (κ3) is 5.14. The van der Waals surface area contributed by atoms with Crippen LogP contribution in [0.15, 0.2) is 64.6 Å². The molecule has 0 bridgehead atoms. The second-order valence-electron chi connectivity index (χ2n) is 6.17. The first-order valence-corrected chi connectivity index (χ1v) is 10.7. The Morgan fingerprint density at radius 3 is 2.36 bits per heavy atom. The molecule has 28 heavy (non-hydrogen) atoms. The average molecular weight is 419 g/mol. The molecule has 7 nitrogen and oxygen atoms in total. The van der Waals surface area contributed by atoms with Crippen LogP contribution in [0.1, 0.15) is 12.5 Å². The fourth-order valence-electron chi connectivity index (χ4n) is 2.68. The zero-order valence-electron chi connectivity index (χ0n) is 15.5. The molecule has 1 fully saturated rings. The van der Waals surface area contributed by atoms with Crippen LogP contribution in [-0.4, -0.2) is 49.9 Å². The Morgan fingerprint density at radius 1 is 1.07 bits per heavy atom. The molecular weight excluding hydrogens is 396 g/mol. The second-order valence-corrected chi connectivity index (χ2v) is 8.52. The molecule has 0 radical (unpaired) electrons. The van der Waals surface area contributed by atoms with E-state index in [-0.39, 0.29) is 4.90 Å². The van der Waals surface area contributed by atoms with Crippen molar-refractivity contribution >= 4 is 38.8 Å². The Morgan fingerprint density at radius 2 is 1.71 bits per heavy atom. The summed E-state index contributed by atoms with van der Waals surface area (Å²) in [5.74, 6) is 0. The van der Waals surface area contributed by atoms with Crippen molar-refractivity contribution in [2.24, 2.45) is 5.10 Å². The van der Waals surface area contributed by atoms with Gasteiger partial charge in [-0.25, -0.2) is 8.42 Å². The molecule has 2 N–H and O–H groups in total. The van der Waals surface area contributed by atoms with Crippen molar-refractivity contribution < 1.29 is 13.2 Å². The van der Waals surface area contributed by atoms with Crippen molar-refractivity contribution in [1.29, 1.82) is 0 Å². The van der Waals surface area contributed by atoms with E-state index in [2.05, 4.69) is 15.8 Å². The molecule has 2 aromatic carbocycles. The van der Waals surface area contributed by atoms with Gasteiger partial charge in [-0.3, -0.25) is 5.43 Å². The van der Waals surface area contributed by atoms with Crippen molar-refractivity contribution in [2.45, 2.75) is 11.8 Å². The van der Waals surface area contributed by atoms with E-state index in [4.69, 9.17) is 17.0 Å². The van der Waals surface area contributed by atoms with Crippen molar-refractivity contribution in [3.05, 3.63) is 60.2 Å². The van der Waals surface area contributed by atoms with Gasteiger partial charge in [-0.05, 0) is 49.0 Å². The lowest BCUT2D eigenvalue weighted by Crippen LogP contribution is -2.40. The maximum absolute atomic E-state index is 12.7. The van der Waals surface area contributed by atoms with Crippen LogP contribution in [0.2, 0.25) is 0 Å². The van der Waals surface area contributed by atoms with Crippen molar-refractivity contribution in [3.63, 3.8) is 0 Å². The van der Waals surface area contributed by atoms with Crippen LogP contribution < -0.4 is 10.7 Å². The lowest BCUT2D eigenvalue weighted by atomic mass is 10.1. The minimum absolute atomic E-state index is 0.264. The number of ether oxygens (including phenoxy) is 1. The Bertz CT molecular complexity index is 939. The van der Waals surface area contributed by atoms with E-state index < -0.39 is 10.0 Å². The molecule has 0 spiro atoms. The summed E-state index contributed by atoms with van der Waals surface area (Å²) < 4.78 is 32.0. The normalized spacial score (nSPS) is 15.8. The predicted molar refractivity (Wildman–Crippen MR) is 114 cm³/mol. The lowest BCUT2D eigenvalue weighted by molar-refractivity contribution is 0.0730. The first-order valence-electron chi connectivity index (χ1n) is 8.81. The van der Waals surface area contributed by atoms with Gasteiger partial charge in [0.2, 0.25) is 10.0 Å². The van der Waals surface area contributed by atoms with E-state index >= 15 is 0 Å². The number of morpholine rings is 1. The van der Waals surface area contributed by atoms with Gasteiger partial charge >= 0.3 is 0 Å². The highest BCUT2D eigenvalue weighted by atomic mass is 32.2. The van der Waals surface area contributed by atoms with E-state index in [9.17, 15) is 8.42 Å². The molecule has 1 saturated heterocycles. The van der Waals surface area contributed by atoms with E-state index in [1.807, 2.05) is 37.3 Å². The minimum atomic E-state index is -3.50. The highest BCUT2D eigenvalue weighted by Gasteiger charge is 2.26. The number of sulfonamides is 1. The maximum Gasteiger partial charge on any atom is 0.243 e. The third-order valence-corrected chi connectivity index (χ3v) is 6.34. The molecule has 9 heteroatoms. The first kappa shape index (κ1) is 20.4. The quantitative estimate of drug-likeness (QED) is 0.441. The SMILES string of the molecule is CC(=NNC(=S)Nc1ccccc1)c1ccc(S(=O)(=O)N2CCOCC2)cc1. The summed E-state index contributed by atoms with van der Waals surface area (Å²) >= 11 is 5.22. The molecule has 0 saturated carbocycles. The summed E-state index contributed by atoms with van der Waals surface area (Å²) in [7, 11) is -3.50. The second kappa shape index (κ2) is 9.24. The Balaban J connectivity index is 1.63. The van der Waals surface area contributed by atoms with Gasteiger partial charge in [0.15, 0.2) is 5.11 Å². The van der Waals surface area contributed by atoms with E-state index in [0.29, 0.717) is 37.1 Å². The standard InChI is InChI=1S/C19H22N4O3S2/c1-15(21-22-19(27)20-17-5-3-2-4-6-17)16-7-9-18(10-8-16)28(24,25)23-11-13-26-14-12-23/h2-10H,11-14H2,1H3,(H2,20,22,27). The molecule has 0 unspecified atom stereocenters. The summed E-state index contributed by atoms with van der Waals surface area (Å²) in [6.07, 6.45) is 0. The van der Waals surface area contributed by atoms with Crippen LogP contribution in [0.3, 0.4) is 0 Å². The molecule has 1 aliphatic heterocycles. The number of hydrogen-bond donors (Lipinski definition) is 2. The third-order valence-electron chi connectivity index (χ3n) is 4.24. The number of rotatable bonds is 5. The number of nitrogens with zero attached hydrogens (tertiary/aromatic N) is 2. The van der Waals surface area contributed by atoms with Gasteiger partial charge in [-0.15, -0.1) is 0 Å². The van der Waals surface area contributed by atoms with Gasteiger partial charge in [0.05, 0.1) is 23.8 Å². The molecule has 1 heterocycles. The molecule has 0 amide bonds. The minimum Gasteiger partial charge on any atom is -0.379 e. The molecular formula is C19H22N4O3S2. The lowest BCUT2D eigenvalue weighted by Gasteiger charge is -2.26. The molecule has 1 aliphatic rings.